The van der Waals surface area contributed by atoms with Crippen molar-refractivity contribution in [3.8, 4) is 28.7 Å². The minimum absolute atomic E-state index is 0.0292. The number of ether oxygens (including phenoxy) is 3. The zero-order valence-corrected chi connectivity index (χ0v) is 17.9. The van der Waals surface area contributed by atoms with Crippen molar-refractivity contribution < 1.29 is 33.5 Å². The van der Waals surface area contributed by atoms with Crippen molar-refractivity contribution in [3.63, 3.8) is 0 Å². The molecule has 1 aromatic heterocycles. The van der Waals surface area contributed by atoms with E-state index in [1.165, 1.54) is 45.6 Å². The summed E-state index contributed by atoms with van der Waals surface area (Å²) in [6.45, 7) is 0. The number of rotatable bonds is 9. The Hall–Kier alpha value is -4.06. The molecule has 2 aromatic carbocycles. The molecule has 0 aliphatic carbocycles. The van der Waals surface area contributed by atoms with Gasteiger partial charge in [-0.15, -0.1) is 10.2 Å². The summed E-state index contributed by atoms with van der Waals surface area (Å²) in [5, 5.41) is 28.6. The Balaban J connectivity index is 1.90. The summed E-state index contributed by atoms with van der Waals surface area (Å²) in [4.78, 5) is 22.1. The van der Waals surface area contributed by atoms with E-state index in [1.54, 1.807) is 18.2 Å². The zero-order chi connectivity index (χ0) is 23.3. The minimum atomic E-state index is -1.27. The minimum Gasteiger partial charge on any atom is -0.497 e. The van der Waals surface area contributed by atoms with E-state index in [0.717, 1.165) is 0 Å². The second kappa shape index (κ2) is 9.83. The molecule has 32 heavy (non-hydrogen) atoms. The predicted molar refractivity (Wildman–Crippen MR) is 114 cm³/mol. The van der Waals surface area contributed by atoms with E-state index in [0.29, 0.717) is 34.4 Å². The van der Waals surface area contributed by atoms with Gasteiger partial charge in [-0.3, -0.25) is 10.1 Å². The van der Waals surface area contributed by atoms with Gasteiger partial charge in [0, 0.05) is 17.7 Å². The molecule has 0 radical (unpaired) electrons. The van der Waals surface area contributed by atoms with Gasteiger partial charge in [-0.1, -0.05) is 6.07 Å². The number of hydrogen-bond donors (Lipinski definition) is 1. The van der Waals surface area contributed by atoms with Gasteiger partial charge in [-0.25, -0.2) is 4.79 Å². The van der Waals surface area contributed by atoms with Crippen LogP contribution < -0.4 is 14.2 Å². The van der Waals surface area contributed by atoms with E-state index in [2.05, 4.69) is 10.2 Å². The van der Waals surface area contributed by atoms with Gasteiger partial charge in [0.05, 0.1) is 26.3 Å². The lowest BCUT2D eigenvalue weighted by Crippen LogP contribution is -1.98. The van der Waals surface area contributed by atoms with Gasteiger partial charge in [0.1, 0.15) is 16.4 Å². The van der Waals surface area contributed by atoms with Crippen molar-refractivity contribution in [3.05, 3.63) is 57.0 Å². The van der Waals surface area contributed by atoms with Gasteiger partial charge in [0.2, 0.25) is 5.89 Å². The maximum absolute atomic E-state index is 11.7. The zero-order valence-electron chi connectivity index (χ0n) is 17.1. The molecule has 0 aliphatic heterocycles. The highest BCUT2D eigenvalue weighted by Gasteiger charge is 2.19. The van der Waals surface area contributed by atoms with Crippen LogP contribution in [0.5, 0.6) is 17.2 Å². The fourth-order valence-corrected chi connectivity index (χ4v) is 3.29. The monoisotopic (exact) mass is 459 g/mol. The summed E-state index contributed by atoms with van der Waals surface area (Å²) in [6.07, 6.45) is 1.26. The lowest BCUT2D eigenvalue weighted by molar-refractivity contribution is -0.385. The highest BCUT2D eigenvalue weighted by Crippen LogP contribution is 2.34. The lowest BCUT2D eigenvalue weighted by atomic mass is 10.1. The molecule has 166 valence electrons. The van der Waals surface area contributed by atoms with Crippen molar-refractivity contribution >= 4 is 29.5 Å². The molecule has 0 amide bonds. The average Bonchev–Trinajstić information content (AvgIpc) is 3.26. The van der Waals surface area contributed by atoms with E-state index in [4.69, 9.17) is 18.6 Å². The summed E-state index contributed by atoms with van der Waals surface area (Å²) in [6, 6.07) is 9.09. The number of carbonyl (C=O) groups is 1. The first-order chi connectivity index (χ1) is 15.3. The number of aliphatic carboxylic acids is 1. The standard InChI is InChI=1S/C20H17N3O8S/c1-28-13-8-12(9-14(10-13)29-2)18-21-22-20(31-18)32-17(19(24)25)7-11-4-5-16(30-3)15(6-11)23(26)27/h4-10H,1-3H3,(H,24,25)/b17-7-. The number of aromatic nitrogens is 2. The van der Waals surface area contributed by atoms with E-state index < -0.39 is 10.9 Å². The van der Waals surface area contributed by atoms with Crippen LogP contribution in [0.1, 0.15) is 5.56 Å². The van der Waals surface area contributed by atoms with Crippen LogP contribution in [-0.4, -0.2) is 47.5 Å². The van der Waals surface area contributed by atoms with Crippen LogP contribution in [-0.2, 0) is 4.79 Å². The topological polar surface area (TPSA) is 147 Å². The molecule has 1 heterocycles. The van der Waals surface area contributed by atoms with Crippen LogP contribution in [0.4, 0.5) is 5.69 Å². The fraction of sp³-hybridized carbons (Fsp3) is 0.150. The van der Waals surface area contributed by atoms with Gasteiger partial charge in [-0.05, 0) is 41.6 Å². The third kappa shape index (κ3) is 5.16. The summed E-state index contributed by atoms with van der Waals surface area (Å²) in [7, 11) is 4.31. The predicted octanol–water partition coefficient (Wildman–Crippen LogP) is 3.89. The smallest absolute Gasteiger partial charge is 0.342 e. The first kappa shape index (κ1) is 22.6. The molecule has 1 N–H and O–H groups in total. The van der Waals surface area contributed by atoms with Crippen molar-refractivity contribution in [2.75, 3.05) is 21.3 Å². The average molecular weight is 459 g/mol. The van der Waals surface area contributed by atoms with Crippen LogP contribution in [0.3, 0.4) is 0 Å². The number of carboxylic acids is 1. The largest absolute Gasteiger partial charge is 0.497 e. The highest BCUT2D eigenvalue weighted by molar-refractivity contribution is 8.03. The molecule has 12 heteroatoms. The molecular formula is C20H17N3O8S. The second-order valence-corrected chi connectivity index (χ2v) is 7.07. The van der Waals surface area contributed by atoms with Crippen molar-refractivity contribution in [1.82, 2.24) is 10.2 Å². The number of hydrogen-bond acceptors (Lipinski definition) is 10. The van der Waals surface area contributed by atoms with Gasteiger partial charge in [-0.2, -0.15) is 0 Å². The number of carboxylic acid groups (broad SMARTS) is 1. The summed E-state index contributed by atoms with van der Waals surface area (Å²) < 4.78 is 21.0. The Morgan fingerprint density at radius 3 is 2.34 bits per heavy atom. The number of methoxy groups -OCH3 is 3. The fourth-order valence-electron chi connectivity index (χ4n) is 2.62. The quantitative estimate of drug-likeness (QED) is 0.215. The van der Waals surface area contributed by atoms with Gasteiger partial charge in [0.25, 0.3) is 5.22 Å². The number of benzene rings is 2. The molecule has 0 unspecified atom stereocenters. The van der Waals surface area contributed by atoms with E-state index in [9.17, 15) is 20.0 Å². The Kier molecular flexibility index (Phi) is 6.95. The number of nitro benzene ring substituents is 1. The molecule has 11 nitrogen and oxygen atoms in total. The molecule has 0 fully saturated rings. The maximum Gasteiger partial charge on any atom is 0.342 e. The van der Waals surface area contributed by atoms with Crippen LogP contribution in [0.25, 0.3) is 17.5 Å². The van der Waals surface area contributed by atoms with Gasteiger partial charge >= 0.3 is 11.7 Å². The van der Waals surface area contributed by atoms with Crippen molar-refractivity contribution in [2.24, 2.45) is 0 Å². The molecule has 0 saturated carbocycles. The summed E-state index contributed by atoms with van der Waals surface area (Å²) >= 11 is 0.709. The summed E-state index contributed by atoms with van der Waals surface area (Å²) in [5.74, 6) is -0.0457. The summed E-state index contributed by atoms with van der Waals surface area (Å²) in [5.41, 5.74) is 0.523. The Morgan fingerprint density at radius 1 is 1.09 bits per heavy atom. The van der Waals surface area contributed by atoms with E-state index in [-0.39, 0.29) is 27.5 Å². The lowest BCUT2D eigenvalue weighted by Gasteiger charge is -2.05. The molecule has 0 bridgehead atoms. The number of nitro groups is 1. The number of nitrogens with zero attached hydrogens (tertiary/aromatic N) is 3. The third-order valence-electron chi connectivity index (χ3n) is 4.11. The Labute approximate surface area is 185 Å². The molecule has 0 saturated heterocycles. The SMILES string of the molecule is COc1cc(OC)cc(-c2nnc(S/C(=C\c3ccc(OC)c([N+](=O)[O-])c3)C(=O)O)o2)c1. The Morgan fingerprint density at radius 2 is 1.78 bits per heavy atom. The molecular weight excluding hydrogens is 442 g/mol. The van der Waals surface area contributed by atoms with Crippen molar-refractivity contribution in [1.29, 1.82) is 0 Å². The number of thioether (sulfide) groups is 1. The van der Waals surface area contributed by atoms with Crippen LogP contribution in [0, 0.1) is 10.1 Å². The normalized spacial score (nSPS) is 11.2. The first-order valence-corrected chi connectivity index (χ1v) is 9.68. The van der Waals surface area contributed by atoms with Crippen LogP contribution >= 0.6 is 11.8 Å². The van der Waals surface area contributed by atoms with Crippen LogP contribution in [0.15, 0.2) is 50.9 Å². The highest BCUT2D eigenvalue weighted by atomic mass is 32.2. The van der Waals surface area contributed by atoms with Crippen molar-refractivity contribution in [2.45, 2.75) is 5.22 Å². The Bertz CT molecular complexity index is 1170. The molecule has 3 aromatic rings. The molecule has 0 spiro atoms. The first-order valence-electron chi connectivity index (χ1n) is 8.86. The van der Waals surface area contributed by atoms with Gasteiger partial charge in [0.15, 0.2) is 5.75 Å². The maximum atomic E-state index is 11.7. The van der Waals surface area contributed by atoms with E-state index >= 15 is 0 Å². The van der Waals surface area contributed by atoms with Crippen LogP contribution in [0.2, 0.25) is 0 Å². The molecule has 0 atom stereocenters. The third-order valence-corrected chi connectivity index (χ3v) is 4.96. The second-order valence-electron chi connectivity index (χ2n) is 6.08. The van der Waals surface area contributed by atoms with E-state index in [1.807, 2.05) is 0 Å². The molecule has 3 rings (SSSR count). The molecule has 0 aliphatic rings. The van der Waals surface area contributed by atoms with Gasteiger partial charge < -0.3 is 23.7 Å².